The fraction of sp³-hybridized carbons (Fsp3) is 0.571. The van der Waals surface area contributed by atoms with Crippen molar-refractivity contribution in [3.63, 3.8) is 0 Å². The van der Waals surface area contributed by atoms with Crippen molar-refractivity contribution in [3.8, 4) is 0 Å². The van der Waals surface area contributed by atoms with Crippen molar-refractivity contribution in [3.05, 3.63) is 23.3 Å². The van der Waals surface area contributed by atoms with E-state index < -0.39 is 0 Å². The smallest absolute Gasteiger partial charge is 0.269 e. The molecule has 0 spiro atoms. The van der Waals surface area contributed by atoms with E-state index in [2.05, 4.69) is 24.7 Å². The molecule has 0 atom stereocenters. The fourth-order valence-electron chi connectivity index (χ4n) is 2.67. The first-order chi connectivity index (χ1) is 10.6. The maximum atomic E-state index is 12.2. The first-order valence-corrected chi connectivity index (χ1v) is 8.27. The van der Waals surface area contributed by atoms with Gasteiger partial charge < -0.3 is 10.2 Å². The summed E-state index contributed by atoms with van der Waals surface area (Å²) >= 11 is 1.46. The van der Waals surface area contributed by atoms with Gasteiger partial charge in [-0.15, -0.1) is 0 Å². The Labute approximate surface area is 132 Å². The number of carbonyl (C=O) groups is 1. The van der Waals surface area contributed by atoms with Crippen molar-refractivity contribution in [1.82, 2.24) is 24.5 Å². The highest BCUT2D eigenvalue weighted by molar-refractivity contribution is 7.09. The Kier molecular flexibility index (Phi) is 3.14. The molecule has 116 valence electrons. The summed E-state index contributed by atoms with van der Waals surface area (Å²) in [5, 5.41) is 8.22. The van der Waals surface area contributed by atoms with Crippen LogP contribution in [-0.2, 0) is 7.05 Å². The number of amides is 1. The largest absolute Gasteiger partial charge is 0.344 e. The lowest BCUT2D eigenvalue weighted by molar-refractivity contribution is 0.0920. The lowest BCUT2D eigenvalue weighted by Gasteiger charge is -2.39. The van der Waals surface area contributed by atoms with E-state index in [1.807, 2.05) is 6.92 Å². The van der Waals surface area contributed by atoms with Crippen LogP contribution in [-0.4, -0.2) is 44.2 Å². The number of nitrogens with zero attached hydrogens (tertiary/aromatic N) is 5. The SMILES string of the molecule is Cc1cc(C(=O)NC2CN(c3nc(C4CC4)ns3)C2)n(C)n1. The van der Waals surface area contributed by atoms with E-state index in [4.69, 9.17) is 0 Å². The van der Waals surface area contributed by atoms with E-state index in [0.29, 0.717) is 11.6 Å². The number of hydrogen-bond donors (Lipinski definition) is 1. The fourth-order valence-corrected chi connectivity index (χ4v) is 3.43. The summed E-state index contributed by atoms with van der Waals surface area (Å²) in [6, 6.07) is 1.97. The van der Waals surface area contributed by atoms with Crippen molar-refractivity contribution >= 4 is 22.6 Å². The van der Waals surface area contributed by atoms with Crippen molar-refractivity contribution in [2.45, 2.75) is 31.7 Å². The number of aromatic nitrogens is 4. The van der Waals surface area contributed by atoms with Gasteiger partial charge in [-0.25, -0.2) is 4.98 Å². The third-order valence-electron chi connectivity index (χ3n) is 4.10. The zero-order valence-corrected chi connectivity index (χ0v) is 13.4. The number of carbonyl (C=O) groups excluding carboxylic acids is 1. The monoisotopic (exact) mass is 318 g/mol. The molecular weight excluding hydrogens is 300 g/mol. The number of rotatable bonds is 4. The average Bonchev–Trinajstić information content (AvgIpc) is 3.07. The molecule has 4 rings (SSSR count). The molecular formula is C14H18N6OS. The topological polar surface area (TPSA) is 75.9 Å². The van der Waals surface area contributed by atoms with Crippen LogP contribution in [0.15, 0.2) is 6.07 Å². The Balaban J connectivity index is 1.33. The Morgan fingerprint density at radius 1 is 1.41 bits per heavy atom. The Morgan fingerprint density at radius 2 is 2.18 bits per heavy atom. The number of hydrogen-bond acceptors (Lipinski definition) is 6. The molecule has 0 aromatic carbocycles. The second-order valence-corrected chi connectivity index (χ2v) is 6.81. The number of aryl methyl sites for hydroxylation is 2. The van der Waals surface area contributed by atoms with E-state index in [1.165, 1.54) is 24.4 Å². The predicted octanol–water partition coefficient (Wildman–Crippen LogP) is 1.08. The number of anilines is 1. The highest BCUT2D eigenvalue weighted by Crippen LogP contribution is 2.40. The van der Waals surface area contributed by atoms with Gasteiger partial charge in [0.1, 0.15) is 11.5 Å². The van der Waals surface area contributed by atoms with Crippen LogP contribution in [0.2, 0.25) is 0 Å². The molecule has 2 fully saturated rings. The van der Waals surface area contributed by atoms with Gasteiger partial charge in [0, 0.05) is 37.6 Å². The second kappa shape index (κ2) is 5.05. The van der Waals surface area contributed by atoms with E-state index >= 15 is 0 Å². The summed E-state index contributed by atoms with van der Waals surface area (Å²) < 4.78 is 6.04. The highest BCUT2D eigenvalue weighted by Gasteiger charge is 2.33. The van der Waals surface area contributed by atoms with Crippen molar-refractivity contribution < 1.29 is 4.79 Å². The van der Waals surface area contributed by atoms with Gasteiger partial charge in [0.15, 0.2) is 0 Å². The summed E-state index contributed by atoms with van der Waals surface area (Å²) in [5.74, 6) is 1.52. The quantitative estimate of drug-likeness (QED) is 0.913. The summed E-state index contributed by atoms with van der Waals surface area (Å²) in [6.45, 7) is 3.47. The molecule has 1 aliphatic carbocycles. The lowest BCUT2D eigenvalue weighted by Crippen LogP contribution is -2.59. The molecule has 2 aromatic rings. The summed E-state index contributed by atoms with van der Waals surface area (Å²) in [5.41, 5.74) is 1.45. The van der Waals surface area contributed by atoms with Gasteiger partial charge in [0.2, 0.25) is 5.13 Å². The van der Waals surface area contributed by atoms with Gasteiger partial charge in [-0.05, 0) is 25.8 Å². The summed E-state index contributed by atoms with van der Waals surface area (Å²) in [4.78, 5) is 19.0. The van der Waals surface area contributed by atoms with Crippen LogP contribution in [0, 0.1) is 6.92 Å². The van der Waals surface area contributed by atoms with Crippen molar-refractivity contribution in [2.75, 3.05) is 18.0 Å². The van der Waals surface area contributed by atoms with Gasteiger partial charge in [-0.2, -0.15) is 9.47 Å². The molecule has 1 aliphatic heterocycles. The van der Waals surface area contributed by atoms with Crippen LogP contribution in [0.5, 0.6) is 0 Å². The zero-order chi connectivity index (χ0) is 15.3. The standard InChI is InChI=1S/C14H18N6OS/c1-8-5-11(19(2)17-8)13(21)15-10-6-20(7-10)14-16-12(18-22-14)9-3-4-9/h5,9-10H,3-4,6-7H2,1-2H3,(H,15,21). The third kappa shape index (κ3) is 2.47. The molecule has 0 unspecified atom stereocenters. The van der Waals surface area contributed by atoms with Crippen molar-refractivity contribution in [1.29, 1.82) is 0 Å². The molecule has 0 radical (unpaired) electrons. The second-order valence-electron chi connectivity index (χ2n) is 6.08. The van der Waals surface area contributed by atoms with Crippen LogP contribution in [0.4, 0.5) is 5.13 Å². The molecule has 0 bridgehead atoms. The van der Waals surface area contributed by atoms with E-state index in [0.717, 1.165) is 29.7 Å². The van der Waals surface area contributed by atoms with Gasteiger partial charge in [-0.3, -0.25) is 9.48 Å². The van der Waals surface area contributed by atoms with Gasteiger partial charge in [0.05, 0.1) is 11.7 Å². The maximum Gasteiger partial charge on any atom is 0.269 e. The molecule has 7 nitrogen and oxygen atoms in total. The minimum atomic E-state index is -0.0660. The average molecular weight is 318 g/mol. The third-order valence-corrected chi connectivity index (χ3v) is 4.89. The Bertz CT molecular complexity index is 713. The lowest BCUT2D eigenvalue weighted by atomic mass is 10.1. The van der Waals surface area contributed by atoms with Crippen LogP contribution in [0.25, 0.3) is 0 Å². The molecule has 1 saturated carbocycles. The van der Waals surface area contributed by atoms with Crippen LogP contribution >= 0.6 is 11.5 Å². The van der Waals surface area contributed by atoms with E-state index in [1.54, 1.807) is 17.8 Å². The van der Waals surface area contributed by atoms with E-state index in [-0.39, 0.29) is 11.9 Å². The summed E-state index contributed by atoms with van der Waals surface area (Å²) in [6.07, 6.45) is 2.44. The molecule has 22 heavy (non-hydrogen) atoms. The zero-order valence-electron chi connectivity index (χ0n) is 12.6. The van der Waals surface area contributed by atoms with Crippen LogP contribution in [0.1, 0.15) is 40.8 Å². The minimum Gasteiger partial charge on any atom is -0.344 e. The Morgan fingerprint density at radius 3 is 2.82 bits per heavy atom. The molecule has 1 N–H and O–H groups in total. The summed E-state index contributed by atoms with van der Waals surface area (Å²) in [7, 11) is 1.79. The van der Waals surface area contributed by atoms with Gasteiger partial charge in [0.25, 0.3) is 5.91 Å². The molecule has 1 saturated heterocycles. The van der Waals surface area contributed by atoms with Crippen LogP contribution in [0.3, 0.4) is 0 Å². The first kappa shape index (κ1) is 13.7. The maximum absolute atomic E-state index is 12.2. The molecule has 3 heterocycles. The van der Waals surface area contributed by atoms with Gasteiger partial charge in [-0.1, -0.05) is 0 Å². The van der Waals surface area contributed by atoms with Crippen LogP contribution < -0.4 is 10.2 Å². The number of nitrogens with one attached hydrogen (secondary N) is 1. The normalized spacial score (nSPS) is 18.4. The highest BCUT2D eigenvalue weighted by atomic mass is 32.1. The molecule has 2 aliphatic rings. The molecule has 8 heteroatoms. The predicted molar refractivity (Wildman–Crippen MR) is 83.3 cm³/mol. The Hall–Kier alpha value is -1.96. The first-order valence-electron chi connectivity index (χ1n) is 7.50. The molecule has 1 amide bonds. The van der Waals surface area contributed by atoms with E-state index in [9.17, 15) is 4.79 Å². The minimum absolute atomic E-state index is 0.0660. The molecule has 2 aromatic heterocycles. The van der Waals surface area contributed by atoms with Gasteiger partial charge >= 0.3 is 0 Å². The van der Waals surface area contributed by atoms with Crippen molar-refractivity contribution in [2.24, 2.45) is 7.05 Å².